The number of carbonyl (C=O) groups excluding carboxylic acids is 2. The first-order valence-electron chi connectivity index (χ1n) is 11.5. The zero-order valence-electron chi connectivity index (χ0n) is 19.9. The van der Waals surface area contributed by atoms with E-state index in [1.165, 1.54) is 23.1 Å². The number of ether oxygens (including phenoxy) is 1. The first kappa shape index (κ1) is 24.1. The number of methoxy groups -OCH3 is 1. The number of piperazine rings is 1. The van der Waals surface area contributed by atoms with Gasteiger partial charge in [0.15, 0.2) is 5.82 Å². The molecule has 2 aromatic carbocycles. The van der Waals surface area contributed by atoms with Crippen LogP contribution in [0.4, 0.5) is 10.2 Å². The Morgan fingerprint density at radius 1 is 1.00 bits per heavy atom. The molecule has 0 saturated carbocycles. The zero-order chi connectivity index (χ0) is 24.8. The van der Waals surface area contributed by atoms with Gasteiger partial charge in [0.1, 0.15) is 18.1 Å². The quantitative estimate of drug-likeness (QED) is 0.520. The van der Waals surface area contributed by atoms with E-state index in [0.717, 1.165) is 22.8 Å². The number of carbonyl (C=O) groups is 2. The topological polar surface area (TPSA) is 78.9 Å². The number of halogens is 1. The van der Waals surface area contributed by atoms with Crippen molar-refractivity contribution >= 4 is 17.6 Å². The molecule has 0 aliphatic carbocycles. The molecule has 0 radical (unpaired) electrons. The van der Waals surface area contributed by atoms with E-state index in [1.54, 1.807) is 25.0 Å². The summed E-state index contributed by atoms with van der Waals surface area (Å²) >= 11 is 0. The van der Waals surface area contributed by atoms with Crippen molar-refractivity contribution in [1.82, 2.24) is 20.0 Å². The zero-order valence-corrected chi connectivity index (χ0v) is 19.9. The van der Waals surface area contributed by atoms with Crippen molar-refractivity contribution in [2.24, 2.45) is 0 Å². The largest absolute Gasteiger partial charge is 0.497 e. The maximum Gasteiger partial charge on any atom is 0.257 e. The fourth-order valence-corrected chi connectivity index (χ4v) is 4.01. The van der Waals surface area contributed by atoms with Crippen LogP contribution >= 0.6 is 0 Å². The SMILES string of the molecule is CCN(CC(=O)N1CCN(c2ccc(-c3cccc(OC)c3)nn2)CC1)C(=O)c1ccccc1F. The third-order valence-electron chi connectivity index (χ3n) is 6.07. The van der Waals surface area contributed by atoms with Crippen LogP contribution in [-0.4, -0.2) is 78.2 Å². The van der Waals surface area contributed by atoms with Gasteiger partial charge in [-0.2, -0.15) is 0 Å². The number of hydrogen-bond acceptors (Lipinski definition) is 6. The Hall–Kier alpha value is -4.01. The maximum absolute atomic E-state index is 14.0. The lowest BCUT2D eigenvalue weighted by molar-refractivity contribution is -0.132. The number of amides is 2. The van der Waals surface area contributed by atoms with Crippen LogP contribution in [0.25, 0.3) is 11.3 Å². The van der Waals surface area contributed by atoms with Gasteiger partial charge in [0, 0.05) is 38.3 Å². The van der Waals surface area contributed by atoms with Crippen LogP contribution < -0.4 is 9.64 Å². The molecule has 0 bridgehead atoms. The molecule has 3 aromatic rings. The fourth-order valence-electron chi connectivity index (χ4n) is 4.01. The molecule has 8 nitrogen and oxygen atoms in total. The minimum Gasteiger partial charge on any atom is -0.497 e. The van der Waals surface area contributed by atoms with Crippen molar-refractivity contribution in [3.8, 4) is 17.0 Å². The molecule has 9 heteroatoms. The van der Waals surface area contributed by atoms with Gasteiger partial charge >= 0.3 is 0 Å². The summed E-state index contributed by atoms with van der Waals surface area (Å²) in [6.45, 7) is 4.22. The molecular formula is C26H28FN5O3. The Bertz CT molecular complexity index is 1180. The summed E-state index contributed by atoms with van der Waals surface area (Å²) in [6.07, 6.45) is 0. The van der Waals surface area contributed by atoms with Crippen molar-refractivity contribution in [1.29, 1.82) is 0 Å². The fraction of sp³-hybridized carbons (Fsp3) is 0.308. The summed E-state index contributed by atoms with van der Waals surface area (Å²) in [5.74, 6) is 0.273. The monoisotopic (exact) mass is 477 g/mol. The molecule has 2 heterocycles. The smallest absolute Gasteiger partial charge is 0.257 e. The van der Waals surface area contributed by atoms with Crippen LogP contribution in [0.1, 0.15) is 17.3 Å². The molecule has 35 heavy (non-hydrogen) atoms. The lowest BCUT2D eigenvalue weighted by Gasteiger charge is -2.36. The molecule has 2 amide bonds. The third kappa shape index (κ3) is 5.56. The average molecular weight is 478 g/mol. The Balaban J connectivity index is 1.33. The average Bonchev–Trinajstić information content (AvgIpc) is 2.91. The molecule has 1 aliphatic heterocycles. The van der Waals surface area contributed by atoms with E-state index in [-0.39, 0.29) is 18.0 Å². The molecule has 0 spiro atoms. The minimum atomic E-state index is -0.587. The highest BCUT2D eigenvalue weighted by atomic mass is 19.1. The Kier molecular flexibility index (Phi) is 7.54. The Morgan fingerprint density at radius 3 is 2.43 bits per heavy atom. The van der Waals surface area contributed by atoms with E-state index < -0.39 is 11.7 Å². The van der Waals surface area contributed by atoms with Gasteiger partial charge in [0.2, 0.25) is 5.91 Å². The molecule has 1 saturated heterocycles. The number of nitrogens with zero attached hydrogens (tertiary/aromatic N) is 5. The van der Waals surface area contributed by atoms with Crippen molar-refractivity contribution in [3.05, 3.63) is 72.0 Å². The van der Waals surface area contributed by atoms with Crippen molar-refractivity contribution < 1.29 is 18.7 Å². The lowest BCUT2D eigenvalue weighted by Crippen LogP contribution is -2.52. The third-order valence-corrected chi connectivity index (χ3v) is 6.07. The summed E-state index contributed by atoms with van der Waals surface area (Å²) in [6, 6.07) is 17.3. The lowest BCUT2D eigenvalue weighted by atomic mass is 10.1. The Labute approximate surface area is 203 Å². The summed E-state index contributed by atoms with van der Waals surface area (Å²) in [5, 5.41) is 8.73. The Morgan fingerprint density at radius 2 is 1.77 bits per heavy atom. The van der Waals surface area contributed by atoms with Crippen LogP contribution in [0.15, 0.2) is 60.7 Å². The first-order chi connectivity index (χ1) is 17.0. The van der Waals surface area contributed by atoms with E-state index in [1.807, 2.05) is 36.4 Å². The van der Waals surface area contributed by atoms with E-state index in [9.17, 15) is 14.0 Å². The molecule has 0 unspecified atom stereocenters. The van der Waals surface area contributed by atoms with Gasteiger partial charge in [-0.15, -0.1) is 10.2 Å². The molecule has 0 atom stereocenters. The van der Waals surface area contributed by atoms with Crippen molar-refractivity contribution in [2.75, 3.05) is 51.3 Å². The van der Waals surface area contributed by atoms with E-state index in [4.69, 9.17) is 4.74 Å². The number of benzene rings is 2. The standard InChI is InChI=1S/C26H28FN5O3/c1-3-30(26(34)21-9-4-5-10-22(21)27)18-25(33)32-15-13-31(14-16-32)24-12-11-23(28-29-24)19-7-6-8-20(17-19)35-2/h4-12,17H,3,13-16,18H2,1-2H3. The second-order valence-electron chi connectivity index (χ2n) is 8.18. The highest BCUT2D eigenvalue weighted by Gasteiger charge is 2.26. The van der Waals surface area contributed by atoms with Gasteiger partial charge in [-0.1, -0.05) is 24.3 Å². The molecule has 0 N–H and O–H groups in total. The highest BCUT2D eigenvalue weighted by molar-refractivity contribution is 5.96. The van der Waals surface area contributed by atoms with Gasteiger partial charge in [0.05, 0.1) is 18.4 Å². The van der Waals surface area contributed by atoms with E-state index in [0.29, 0.717) is 32.7 Å². The van der Waals surface area contributed by atoms with Crippen LogP contribution in [0.2, 0.25) is 0 Å². The van der Waals surface area contributed by atoms with Crippen LogP contribution in [0.5, 0.6) is 5.75 Å². The number of likely N-dealkylation sites (N-methyl/N-ethyl adjacent to an activating group) is 1. The molecule has 4 rings (SSSR count). The molecule has 1 fully saturated rings. The van der Waals surface area contributed by atoms with Crippen LogP contribution in [-0.2, 0) is 4.79 Å². The van der Waals surface area contributed by atoms with E-state index in [2.05, 4.69) is 15.1 Å². The molecule has 1 aliphatic rings. The number of aromatic nitrogens is 2. The predicted octanol–water partition coefficient (Wildman–Crippen LogP) is 3.10. The van der Waals surface area contributed by atoms with Gasteiger partial charge < -0.3 is 19.4 Å². The second kappa shape index (κ2) is 10.9. The maximum atomic E-state index is 14.0. The van der Waals surface area contributed by atoms with Gasteiger partial charge in [0.25, 0.3) is 5.91 Å². The summed E-state index contributed by atoms with van der Waals surface area (Å²) in [4.78, 5) is 30.7. The summed E-state index contributed by atoms with van der Waals surface area (Å²) in [5.41, 5.74) is 1.65. The van der Waals surface area contributed by atoms with Gasteiger partial charge in [-0.25, -0.2) is 4.39 Å². The molecule has 1 aromatic heterocycles. The number of anilines is 1. The van der Waals surface area contributed by atoms with Crippen molar-refractivity contribution in [2.45, 2.75) is 6.92 Å². The van der Waals surface area contributed by atoms with Crippen molar-refractivity contribution in [3.63, 3.8) is 0 Å². The number of rotatable bonds is 7. The highest BCUT2D eigenvalue weighted by Crippen LogP contribution is 2.23. The summed E-state index contributed by atoms with van der Waals surface area (Å²) < 4.78 is 19.3. The van der Waals surface area contributed by atoms with E-state index >= 15 is 0 Å². The van der Waals surface area contributed by atoms with Gasteiger partial charge in [-0.05, 0) is 43.3 Å². The van der Waals surface area contributed by atoms with Gasteiger partial charge in [-0.3, -0.25) is 9.59 Å². The number of hydrogen-bond donors (Lipinski definition) is 0. The first-order valence-corrected chi connectivity index (χ1v) is 11.5. The second-order valence-corrected chi connectivity index (χ2v) is 8.18. The minimum absolute atomic E-state index is 0.0251. The normalized spacial score (nSPS) is 13.5. The summed E-state index contributed by atoms with van der Waals surface area (Å²) in [7, 11) is 1.62. The predicted molar refractivity (Wildman–Crippen MR) is 131 cm³/mol. The van der Waals surface area contributed by atoms with Crippen LogP contribution in [0, 0.1) is 5.82 Å². The molecular weight excluding hydrogens is 449 g/mol. The molecule has 182 valence electrons. The van der Waals surface area contributed by atoms with Crippen LogP contribution in [0.3, 0.4) is 0 Å².